The van der Waals surface area contributed by atoms with Crippen LogP contribution in [-0.4, -0.2) is 29.9 Å². The van der Waals surface area contributed by atoms with Crippen LogP contribution in [0.25, 0.3) is 0 Å². The third-order valence-corrected chi connectivity index (χ3v) is 1.14. The zero-order valence-electron chi connectivity index (χ0n) is 5.78. The summed E-state index contributed by atoms with van der Waals surface area (Å²) >= 11 is 2.24. The quantitative estimate of drug-likeness (QED) is 0.511. The fraction of sp³-hybridized carbons (Fsp3) is 0.667. The molecule has 60 valence electrons. The lowest BCUT2D eigenvalue weighted by Gasteiger charge is -2.17. The summed E-state index contributed by atoms with van der Waals surface area (Å²) in [7, 11) is 1.61. The van der Waals surface area contributed by atoms with E-state index in [2.05, 4.69) is 22.5 Å². The molecular formula is C6H10BrF2N. The maximum absolute atomic E-state index is 12.1. The van der Waals surface area contributed by atoms with Gasteiger partial charge in [-0.15, -0.1) is 6.58 Å². The maximum atomic E-state index is 12.1. The van der Waals surface area contributed by atoms with Gasteiger partial charge in [-0.05, 0) is 23.0 Å². The molecule has 0 radical (unpaired) electrons. The monoisotopic (exact) mass is 213 g/mol. The molecule has 0 rings (SSSR count). The van der Waals surface area contributed by atoms with Crippen molar-refractivity contribution in [2.24, 2.45) is 0 Å². The zero-order valence-corrected chi connectivity index (χ0v) is 7.37. The Bertz CT molecular complexity index is 111. The highest BCUT2D eigenvalue weighted by molar-refractivity contribution is 9.10. The normalized spacial score (nSPS) is 12.1. The summed E-state index contributed by atoms with van der Waals surface area (Å²) in [5.74, 6) is 0. The van der Waals surface area contributed by atoms with E-state index in [9.17, 15) is 8.78 Å². The van der Waals surface area contributed by atoms with Gasteiger partial charge in [0.1, 0.15) is 0 Å². The van der Waals surface area contributed by atoms with Gasteiger partial charge < -0.3 is 0 Å². The lowest BCUT2D eigenvalue weighted by atomic mass is 10.5. The molecule has 0 aliphatic rings. The van der Waals surface area contributed by atoms with Gasteiger partial charge in [-0.3, -0.25) is 4.90 Å². The van der Waals surface area contributed by atoms with E-state index in [0.717, 1.165) is 0 Å². The van der Waals surface area contributed by atoms with Crippen LogP contribution < -0.4 is 0 Å². The minimum Gasteiger partial charge on any atom is -0.296 e. The van der Waals surface area contributed by atoms with Gasteiger partial charge in [-0.25, -0.2) is 0 Å². The van der Waals surface area contributed by atoms with E-state index in [-0.39, 0.29) is 6.54 Å². The number of rotatable bonds is 4. The van der Waals surface area contributed by atoms with Crippen molar-refractivity contribution < 1.29 is 8.78 Å². The van der Waals surface area contributed by atoms with Crippen molar-refractivity contribution in [3.05, 3.63) is 12.7 Å². The van der Waals surface area contributed by atoms with Gasteiger partial charge in [0.2, 0.25) is 0 Å². The van der Waals surface area contributed by atoms with Gasteiger partial charge >= 0.3 is 4.83 Å². The van der Waals surface area contributed by atoms with Gasteiger partial charge in [-0.2, -0.15) is 8.78 Å². The molecule has 4 heteroatoms. The summed E-state index contributed by atoms with van der Waals surface area (Å²) in [6, 6.07) is 0. The standard InChI is InChI=1S/C6H10BrF2N/c1-3-4-10(2)5-6(7,8)9/h3H,1,4-5H2,2H3. The zero-order chi connectivity index (χ0) is 8.20. The fourth-order valence-electron chi connectivity index (χ4n) is 0.591. The van der Waals surface area contributed by atoms with Crippen LogP contribution in [0.5, 0.6) is 0 Å². The molecule has 0 fully saturated rings. The first-order chi connectivity index (χ1) is 4.45. The Hall–Kier alpha value is 0.0400. The molecule has 0 aliphatic carbocycles. The van der Waals surface area contributed by atoms with Gasteiger partial charge in [0.05, 0.1) is 6.54 Å². The predicted molar refractivity (Wildman–Crippen MR) is 41.6 cm³/mol. The van der Waals surface area contributed by atoms with E-state index in [4.69, 9.17) is 0 Å². The number of alkyl halides is 3. The fourth-order valence-corrected chi connectivity index (χ4v) is 1.02. The lowest BCUT2D eigenvalue weighted by molar-refractivity contribution is 0.0762. The Balaban J connectivity index is 3.56. The second-order valence-corrected chi connectivity index (χ2v) is 3.26. The van der Waals surface area contributed by atoms with Crippen molar-refractivity contribution in [1.82, 2.24) is 4.90 Å². The number of hydrogen-bond acceptors (Lipinski definition) is 1. The van der Waals surface area contributed by atoms with Crippen LogP contribution in [-0.2, 0) is 0 Å². The van der Waals surface area contributed by atoms with E-state index < -0.39 is 4.83 Å². The molecule has 0 spiro atoms. The van der Waals surface area contributed by atoms with Crippen LogP contribution in [0.1, 0.15) is 0 Å². The van der Waals surface area contributed by atoms with Crippen LogP contribution in [0, 0.1) is 0 Å². The van der Waals surface area contributed by atoms with Crippen LogP contribution in [0.2, 0.25) is 0 Å². The smallest absolute Gasteiger partial charge is 0.296 e. The topological polar surface area (TPSA) is 3.24 Å². The van der Waals surface area contributed by atoms with E-state index in [0.29, 0.717) is 6.54 Å². The van der Waals surface area contributed by atoms with Gasteiger partial charge in [0, 0.05) is 6.54 Å². The molecule has 0 N–H and O–H groups in total. The molecule has 0 unspecified atom stereocenters. The van der Waals surface area contributed by atoms with Gasteiger partial charge in [-0.1, -0.05) is 6.08 Å². The summed E-state index contributed by atoms with van der Waals surface area (Å²) in [6.07, 6.45) is 1.58. The first-order valence-electron chi connectivity index (χ1n) is 2.82. The molecule has 0 atom stereocenters. The highest BCUT2D eigenvalue weighted by Gasteiger charge is 2.25. The van der Waals surface area contributed by atoms with E-state index in [1.54, 1.807) is 13.1 Å². The van der Waals surface area contributed by atoms with Crippen molar-refractivity contribution in [3.63, 3.8) is 0 Å². The van der Waals surface area contributed by atoms with Crippen molar-refractivity contribution >= 4 is 15.9 Å². The number of halogens is 3. The molecule has 10 heavy (non-hydrogen) atoms. The summed E-state index contributed by atoms with van der Waals surface area (Å²) in [4.78, 5) is -1.31. The molecule has 0 saturated carbocycles. The second kappa shape index (κ2) is 4.03. The average molecular weight is 214 g/mol. The first kappa shape index (κ1) is 10.0. The highest BCUT2D eigenvalue weighted by atomic mass is 79.9. The minimum absolute atomic E-state index is 0.293. The largest absolute Gasteiger partial charge is 0.313 e. The van der Waals surface area contributed by atoms with Crippen LogP contribution in [0.4, 0.5) is 8.78 Å². The van der Waals surface area contributed by atoms with Gasteiger partial charge in [0.15, 0.2) is 0 Å². The summed E-state index contributed by atoms with van der Waals surface area (Å²) in [5, 5.41) is 0. The molecule has 0 aromatic rings. The lowest BCUT2D eigenvalue weighted by Crippen LogP contribution is -2.29. The highest BCUT2D eigenvalue weighted by Crippen LogP contribution is 2.21. The predicted octanol–water partition coefficient (Wildman–Crippen LogP) is 2.09. The first-order valence-corrected chi connectivity index (χ1v) is 3.61. The molecular weight excluding hydrogens is 204 g/mol. The van der Waals surface area contributed by atoms with Crippen molar-refractivity contribution in [2.75, 3.05) is 20.1 Å². The number of hydrogen-bond donors (Lipinski definition) is 0. The molecule has 0 saturated heterocycles. The molecule has 0 amide bonds. The van der Waals surface area contributed by atoms with E-state index >= 15 is 0 Å². The Kier molecular flexibility index (Phi) is 4.05. The van der Waals surface area contributed by atoms with Crippen LogP contribution >= 0.6 is 15.9 Å². The van der Waals surface area contributed by atoms with Crippen molar-refractivity contribution in [1.29, 1.82) is 0 Å². The Morgan fingerprint density at radius 3 is 2.50 bits per heavy atom. The molecule has 0 aliphatic heterocycles. The molecule has 0 aromatic heterocycles. The average Bonchev–Trinajstić information content (AvgIpc) is 1.59. The van der Waals surface area contributed by atoms with Crippen LogP contribution in [0.15, 0.2) is 12.7 Å². The number of nitrogens with zero attached hydrogens (tertiary/aromatic N) is 1. The summed E-state index contributed by atoms with van der Waals surface area (Å²) < 4.78 is 24.3. The molecule has 0 bridgehead atoms. The third-order valence-electron chi connectivity index (χ3n) is 0.890. The van der Waals surface area contributed by atoms with Gasteiger partial charge in [0.25, 0.3) is 0 Å². The van der Waals surface area contributed by atoms with E-state index in [1.165, 1.54) is 4.90 Å². The Labute approximate surface area is 67.8 Å². The van der Waals surface area contributed by atoms with Crippen molar-refractivity contribution in [3.8, 4) is 0 Å². The second-order valence-electron chi connectivity index (χ2n) is 2.10. The minimum atomic E-state index is -2.79. The Morgan fingerprint density at radius 2 is 2.20 bits per heavy atom. The summed E-state index contributed by atoms with van der Waals surface area (Å²) in [5.41, 5.74) is 0. The van der Waals surface area contributed by atoms with Crippen molar-refractivity contribution in [2.45, 2.75) is 4.83 Å². The summed E-state index contributed by atoms with van der Waals surface area (Å²) in [6.45, 7) is 3.61. The Morgan fingerprint density at radius 1 is 1.70 bits per heavy atom. The van der Waals surface area contributed by atoms with Crippen LogP contribution in [0.3, 0.4) is 0 Å². The number of likely N-dealkylation sites (N-methyl/N-ethyl adjacent to an activating group) is 1. The van der Waals surface area contributed by atoms with E-state index in [1.807, 2.05) is 0 Å². The third kappa shape index (κ3) is 6.16. The maximum Gasteiger partial charge on any atom is 0.313 e. The molecule has 1 nitrogen and oxygen atoms in total. The molecule has 0 aromatic carbocycles. The molecule has 0 heterocycles. The SMILES string of the molecule is C=CCN(C)CC(F)(F)Br.